The first kappa shape index (κ1) is 12.4. The van der Waals surface area contributed by atoms with Crippen LogP contribution in [0.4, 0.5) is 0 Å². The van der Waals surface area contributed by atoms with Crippen molar-refractivity contribution in [2.24, 2.45) is 5.92 Å². The number of hydrogen-bond acceptors (Lipinski definition) is 2. The topological polar surface area (TPSA) is 49.3 Å². The van der Waals surface area contributed by atoms with Gasteiger partial charge in [-0.05, 0) is 37.5 Å². The highest BCUT2D eigenvalue weighted by Crippen LogP contribution is 2.30. The van der Waals surface area contributed by atoms with Gasteiger partial charge in [0, 0.05) is 17.1 Å². The van der Waals surface area contributed by atoms with Crippen LogP contribution in [-0.2, 0) is 4.79 Å². The van der Waals surface area contributed by atoms with E-state index in [1.807, 2.05) is 31.2 Å². The van der Waals surface area contributed by atoms with E-state index in [9.17, 15) is 4.79 Å². The molecule has 2 rings (SSSR count). The summed E-state index contributed by atoms with van der Waals surface area (Å²) in [4.78, 5) is 10.9. The molecule has 1 aromatic carbocycles. The van der Waals surface area contributed by atoms with Gasteiger partial charge < -0.3 is 10.4 Å². The second-order valence-electron chi connectivity index (χ2n) is 4.57. The van der Waals surface area contributed by atoms with Gasteiger partial charge >= 0.3 is 5.97 Å². The van der Waals surface area contributed by atoms with E-state index in [1.165, 1.54) is 0 Å². The van der Waals surface area contributed by atoms with Gasteiger partial charge in [0.25, 0.3) is 0 Å². The summed E-state index contributed by atoms with van der Waals surface area (Å²) in [7, 11) is 0. The largest absolute Gasteiger partial charge is 0.481 e. The normalized spacial score (nSPS) is 25.1. The van der Waals surface area contributed by atoms with Crippen molar-refractivity contribution in [1.82, 2.24) is 5.32 Å². The maximum Gasteiger partial charge on any atom is 0.308 e. The van der Waals surface area contributed by atoms with E-state index in [2.05, 4.69) is 5.32 Å². The van der Waals surface area contributed by atoms with E-state index in [1.54, 1.807) is 0 Å². The molecule has 0 saturated heterocycles. The lowest BCUT2D eigenvalue weighted by atomic mass is 9.79. The third kappa shape index (κ3) is 2.79. The predicted molar refractivity (Wildman–Crippen MR) is 67.2 cm³/mol. The Balaban J connectivity index is 1.95. The van der Waals surface area contributed by atoms with Crippen LogP contribution >= 0.6 is 11.6 Å². The van der Waals surface area contributed by atoms with Gasteiger partial charge in [0.2, 0.25) is 0 Å². The maximum atomic E-state index is 10.9. The lowest BCUT2D eigenvalue weighted by Crippen LogP contribution is -2.48. The van der Waals surface area contributed by atoms with Crippen molar-refractivity contribution in [3.63, 3.8) is 0 Å². The summed E-state index contributed by atoms with van der Waals surface area (Å²) in [5, 5.41) is 13.0. The van der Waals surface area contributed by atoms with Crippen molar-refractivity contribution in [3.8, 4) is 0 Å². The van der Waals surface area contributed by atoms with Crippen molar-refractivity contribution >= 4 is 17.6 Å². The van der Waals surface area contributed by atoms with E-state index in [-0.39, 0.29) is 18.0 Å². The molecule has 1 aliphatic carbocycles. The Labute approximate surface area is 106 Å². The average Bonchev–Trinajstić information content (AvgIpc) is 2.24. The Morgan fingerprint density at radius 1 is 1.41 bits per heavy atom. The molecule has 2 N–H and O–H groups in total. The standard InChI is InChI=1S/C13H16ClNO2/c1-8(9-2-4-10(14)5-3-9)15-12-7-6-11(12)13(16)17/h2-5,8,11-12,15H,6-7H2,1H3,(H,16,17)/t8-,11?,12?/m0/s1. The molecule has 1 saturated carbocycles. The van der Waals surface area contributed by atoms with Crippen LogP contribution in [0.2, 0.25) is 5.02 Å². The minimum absolute atomic E-state index is 0.0955. The molecule has 0 spiro atoms. The summed E-state index contributed by atoms with van der Waals surface area (Å²) < 4.78 is 0. The van der Waals surface area contributed by atoms with Crippen molar-refractivity contribution in [2.75, 3.05) is 0 Å². The molecule has 1 aromatic rings. The Morgan fingerprint density at radius 2 is 2.06 bits per heavy atom. The van der Waals surface area contributed by atoms with Gasteiger partial charge in [-0.2, -0.15) is 0 Å². The second-order valence-corrected chi connectivity index (χ2v) is 5.00. The number of rotatable bonds is 4. The smallest absolute Gasteiger partial charge is 0.308 e. The number of carboxylic acids is 1. The SMILES string of the molecule is C[C@H](NC1CCC1C(=O)O)c1ccc(Cl)cc1. The van der Waals surface area contributed by atoms with Crippen LogP contribution in [-0.4, -0.2) is 17.1 Å². The van der Waals surface area contributed by atoms with Gasteiger partial charge in [-0.15, -0.1) is 0 Å². The van der Waals surface area contributed by atoms with Crippen molar-refractivity contribution in [2.45, 2.75) is 31.8 Å². The number of carbonyl (C=O) groups is 1. The minimum atomic E-state index is -0.697. The highest BCUT2D eigenvalue weighted by Gasteiger charge is 2.37. The summed E-state index contributed by atoms with van der Waals surface area (Å²) in [5.74, 6) is -0.929. The molecule has 3 atom stereocenters. The fraction of sp³-hybridized carbons (Fsp3) is 0.462. The van der Waals surface area contributed by atoms with E-state index >= 15 is 0 Å². The Kier molecular flexibility index (Phi) is 3.69. The summed E-state index contributed by atoms with van der Waals surface area (Å²) in [6.45, 7) is 2.04. The van der Waals surface area contributed by atoms with Crippen LogP contribution in [0.15, 0.2) is 24.3 Å². The molecule has 2 unspecified atom stereocenters. The minimum Gasteiger partial charge on any atom is -0.481 e. The summed E-state index contributed by atoms with van der Waals surface area (Å²) >= 11 is 5.83. The summed E-state index contributed by atoms with van der Waals surface area (Å²) in [5.41, 5.74) is 1.13. The van der Waals surface area contributed by atoms with Crippen LogP contribution in [0.1, 0.15) is 31.4 Å². The number of hydrogen-bond donors (Lipinski definition) is 2. The lowest BCUT2D eigenvalue weighted by Gasteiger charge is -2.36. The quantitative estimate of drug-likeness (QED) is 0.868. The van der Waals surface area contributed by atoms with Crippen LogP contribution in [0.5, 0.6) is 0 Å². The van der Waals surface area contributed by atoms with Crippen molar-refractivity contribution in [3.05, 3.63) is 34.9 Å². The van der Waals surface area contributed by atoms with E-state index in [0.717, 1.165) is 18.4 Å². The van der Waals surface area contributed by atoms with Crippen LogP contribution in [0, 0.1) is 5.92 Å². The zero-order chi connectivity index (χ0) is 12.4. The van der Waals surface area contributed by atoms with Crippen LogP contribution < -0.4 is 5.32 Å². The van der Waals surface area contributed by atoms with E-state index < -0.39 is 5.97 Å². The second kappa shape index (κ2) is 5.07. The molecular weight excluding hydrogens is 238 g/mol. The molecule has 0 bridgehead atoms. The molecule has 0 aromatic heterocycles. The van der Waals surface area contributed by atoms with Crippen LogP contribution in [0.3, 0.4) is 0 Å². The lowest BCUT2D eigenvalue weighted by molar-refractivity contribution is -0.146. The fourth-order valence-electron chi connectivity index (χ4n) is 2.16. The zero-order valence-electron chi connectivity index (χ0n) is 9.69. The number of aliphatic carboxylic acids is 1. The maximum absolute atomic E-state index is 10.9. The molecule has 1 fully saturated rings. The van der Waals surface area contributed by atoms with Crippen LogP contribution in [0.25, 0.3) is 0 Å². The molecule has 0 amide bonds. The summed E-state index contributed by atoms with van der Waals surface area (Å²) in [6.07, 6.45) is 1.72. The number of benzene rings is 1. The van der Waals surface area contributed by atoms with Gasteiger partial charge in [-0.3, -0.25) is 4.79 Å². The molecule has 0 heterocycles. The Morgan fingerprint density at radius 3 is 2.53 bits per heavy atom. The molecule has 0 aliphatic heterocycles. The first-order valence-electron chi connectivity index (χ1n) is 5.82. The molecule has 92 valence electrons. The Hall–Kier alpha value is -1.06. The van der Waals surface area contributed by atoms with Crippen molar-refractivity contribution < 1.29 is 9.90 Å². The van der Waals surface area contributed by atoms with Gasteiger partial charge in [-0.1, -0.05) is 23.7 Å². The number of nitrogens with one attached hydrogen (secondary N) is 1. The monoisotopic (exact) mass is 253 g/mol. The first-order chi connectivity index (χ1) is 8.08. The zero-order valence-corrected chi connectivity index (χ0v) is 10.4. The molecule has 0 radical (unpaired) electrons. The summed E-state index contributed by atoms with van der Waals surface area (Å²) in [6, 6.07) is 7.88. The third-order valence-corrected chi connectivity index (χ3v) is 3.68. The highest BCUT2D eigenvalue weighted by atomic mass is 35.5. The molecule has 17 heavy (non-hydrogen) atoms. The highest BCUT2D eigenvalue weighted by molar-refractivity contribution is 6.30. The Bertz CT molecular complexity index is 404. The van der Waals surface area contributed by atoms with E-state index in [0.29, 0.717) is 5.02 Å². The number of halogens is 1. The van der Waals surface area contributed by atoms with Gasteiger partial charge in [-0.25, -0.2) is 0 Å². The first-order valence-corrected chi connectivity index (χ1v) is 6.20. The third-order valence-electron chi connectivity index (χ3n) is 3.43. The van der Waals surface area contributed by atoms with Gasteiger partial charge in [0.05, 0.1) is 5.92 Å². The van der Waals surface area contributed by atoms with Crippen molar-refractivity contribution in [1.29, 1.82) is 0 Å². The van der Waals surface area contributed by atoms with Gasteiger partial charge in [0.15, 0.2) is 0 Å². The van der Waals surface area contributed by atoms with E-state index in [4.69, 9.17) is 16.7 Å². The fourth-order valence-corrected chi connectivity index (χ4v) is 2.29. The predicted octanol–water partition coefficient (Wildman–Crippen LogP) is 2.85. The molecule has 3 nitrogen and oxygen atoms in total. The van der Waals surface area contributed by atoms with Gasteiger partial charge in [0.1, 0.15) is 0 Å². The average molecular weight is 254 g/mol. The molecule has 4 heteroatoms. The molecular formula is C13H16ClNO2. The molecule has 1 aliphatic rings. The number of carboxylic acid groups (broad SMARTS) is 1.